The maximum Gasteiger partial charge on any atom is 0.120 e. The number of rotatable bonds is 4. The molecule has 0 heterocycles. The average molecular weight is 296 g/mol. The molecular weight excluding hydrogens is 281 g/mol. The molecule has 0 fully saturated rings. The van der Waals surface area contributed by atoms with Crippen molar-refractivity contribution in [2.75, 3.05) is 0 Å². The molecule has 2 aromatic rings. The summed E-state index contributed by atoms with van der Waals surface area (Å²) >= 11 is 11.8. The van der Waals surface area contributed by atoms with Crippen LogP contribution in [0, 0.1) is 0 Å². The summed E-state index contributed by atoms with van der Waals surface area (Å²) in [6.07, 6.45) is 0. The van der Waals surface area contributed by atoms with E-state index < -0.39 is 0 Å². The van der Waals surface area contributed by atoms with E-state index in [1.165, 1.54) is 0 Å². The minimum absolute atomic E-state index is 0.163. The molecule has 1 unspecified atom stereocenters. The Hall–Kier alpha value is -1.22. The number of nitrogens with one attached hydrogen (secondary N) is 1. The molecule has 4 heteroatoms. The first-order valence-corrected chi connectivity index (χ1v) is 6.78. The van der Waals surface area contributed by atoms with Crippen LogP contribution in [-0.2, 0) is 6.54 Å². The molecule has 1 atom stereocenters. The van der Waals surface area contributed by atoms with Gasteiger partial charge in [-0.25, -0.2) is 0 Å². The lowest BCUT2D eigenvalue weighted by molar-refractivity contribution is 0.460. The third kappa shape index (κ3) is 3.87. The quantitative estimate of drug-likeness (QED) is 0.867. The average Bonchev–Trinajstić information content (AvgIpc) is 2.40. The highest BCUT2D eigenvalue weighted by Gasteiger charge is 2.07. The maximum atomic E-state index is 9.74. The summed E-state index contributed by atoms with van der Waals surface area (Å²) in [7, 11) is 0. The Balaban J connectivity index is 2.02. The molecule has 0 bridgehead atoms. The highest BCUT2D eigenvalue weighted by Crippen LogP contribution is 2.22. The minimum Gasteiger partial charge on any atom is -0.508 e. The predicted molar refractivity (Wildman–Crippen MR) is 79.8 cm³/mol. The number of hydrogen-bond donors (Lipinski definition) is 2. The summed E-state index contributed by atoms with van der Waals surface area (Å²) in [6, 6.07) is 12.9. The van der Waals surface area contributed by atoms with E-state index in [9.17, 15) is 5.11 Å². The van der Waals surface area contributed by atoms with Crippen LogP contribution >= 0.6 is 23.2 Å². The summed E-state index contributed by atoms with van der Waals surface area (Å²) in [4.78, 5) is 0. The number of phenolic OH excluding ortho intramolecular Hbond substituents is 1. The van der Waals surface area contributed by atoms with E-state index in [0.29, 0.717) is 11.6 Å². The molecule has 0 aromatic heterocycles. The molecule has 2 N–H and O–H groups in total. The Morgan fingerprint density at radius 3 is 2.37 bits per heavy atom. The van der Waals surface area contributed by atoms with E-state index >= 15 is 0 Å². The lowest BCUT2D eigenvalue weighted by atomic mass is 10.1. The molecule has 0 aliphatic carbocycles. The zero-order valence-electron chi connectivity index (χ0n) is 10.5. The Bertz CT molecular complexity index is 555. The normalized spacial score (nSPS) is 12.4. The first-order chi connectivity index (χ1) is 9.06. The number of halogens is 2. The topological polar surface area (TPSA) is 32.3 Å². The third-order valence-electron chi connectivity index (χ3n) is 3.01. The fraction of sp³-hybridized carbons (Fsp3) is 0.200. The zero-order valence-corrected chi connectivity index (χ0v) is 12.0. The highest BCUT2D eigenvalue weighted by atomic mass is 35.5. The van der Waals surface area contributed by atoms with Crippen molar-refractivity contribution in [1.82, 2.24) is 5.32 Å². The van der Waals surface area contributed by atoms with Crippen LogP contribution in [0.3, 0.4) is 0 Å². The van der Waals surface area contributed by atoms with Crippen molar-refractivity contribution in [1.29, 1.82) is 0 Å². The number of hydrogen-bond acceptors (Lipinski definition) is 2. The molecule has 0 saturated carbocycles. The van der Waals surface area contributed by atoms with Gasteiger partial charge in [0, 0.05) is 28.2 Å². The molecule has 19 heavy (non-hydrogen) atoms. The van der Waals surface area contributed by atoms with Crippen molar-refractivity contribution < 1.29 is 5.11 Å². The predicted octanol–water partition coefficient (Wildman–Crippen LogP) is 4.55. The Morgan fingerprint density at radius 1 is 1.05 bits per heavy atom. The maximum absolute atomic E-state index is 9.74. The molecule has 0 saturated heterocycles. The van der Waals surface area contributed by atoms with E-state index in [0.717, 1.165) is 16.1 Å². The molecule has 0 amide bonds. The molecule has 0 aliphatic heterocycles. The first kappa shape index (κ1) is 14.2. The second kappa shape index (κ2) is 6.29. The third-order valence-corrected chi connectivity index (χ3v) is 3.50. The number of aromatic hydroxyl groups is 1. The fourth-order valence-electron chi connectivity index (χ4n) is 1.83. The molecule has 100 valence electrons. The second-order valence-corrected chi connectivity index (χ2v) is 5.30. The van der Waals surface area contributed by atoms with Gasteiger partial charge in [0.2, 0.25) is 0 Å². The molecule has 2 aromatic carbocycles. The number of benzene rings is 2. The van der Waals surface area contributed by atoms with Crippen molar-refractivity contribution in [2.24, 2.45) is 0 Å². The van der Waals surface area contributed by atoms with E-state index in [2.05, 4.69) is 12.2 Å². The summed E-state index contributed by atoms with van der Waals surface area (Å²) < 4.78 is 0. The summed E-state index contributed by atoms with van der Waals surface area (Å²) in [5.41, 5.74) is 1.93. The van der Waals surface area contributed by atoms with Crippen molar-refractivity contribution in [2.45, 2.75) is 19.5 Å². The first-order valence-electron chi connectivity index (χ1n) is 6.02. The largest absolute Gasteiger partial charge is 0.508 e. The van der Waals surface area contributed by atoms with Gasteiger partial charge in [-0.2, -0.15) is 0 Å². The van der Waals surface area contributed by atoms with E-state index in [1.807, 2.05) is 24.3 Å². The lowest BCUT2D eigenvalue weighted by Gasteiger charge is -2.15. The summed E-state index contributed by atoms with van der Waals surface area (Å²) in [5.74, 6) is 0.250. The van der Waals surface area contributed by atoms with Crippen molar-refractivity contribution in [3.63, 3.8) is 0 Å². The van der Waals surface area contributed by atoms with Gasteiger partial charge in [0.25, 0.3) is 0 Å². The molecule has 2 nitrogen and oxygen atoms in total. The smallest absolute Gasteiger partial charge is 0.120 e. The van der Waals surface area contributed by atoms with Crippen LogP contribution in [0.1, 0.15) is 24.1 Å². The Labute approximate surface area is 123 Å². The van der Waals surface area contributed by atoms with Gasteiger partial charge in [-0.05, 0) is 42.8 Å². The molecular formula is C15H15Cl2NO. The van der Waals surface area contributed by atoms with Gasteiger partial charge in [-0.1, -0.05) is 35.3 Å². The Kier molecular flexibility index (Phi) is 4.70. The van der Waals surface area contributed by atoms with Crippen LogP contribution in [0.4, 0.5) is 0 Å². The minimum atomic E-state index is 0.163. The van der Waals surface area contributed by atoms with Crippen LogP contribution < -0.4 is 5.32 Å². The molecule has 2 rings (SSSR count). The van der Waals surface area contributed by atoms with Crippen LogP contribution in [0.25, 0.3) is 0 Å². The van der Waals surface area contributed by atoms with Crippen LogP contribution in [0.5, 0.6) is 5.75 Å². The molecule has 0 radical (unpaired) electrons. The van der Waals surface area contributed by atoms with Gasteiger partial charge in [0.15, 0.2) is 0 Å². The van der Waals surface area contributed by atoms with Gasteiger partial charge >= 0.3 is 0 Å². The van der Waals surface area contributed by atoms with E-state index in [1.54, 1.807) is 18.2 Å². The second-order valence-electron chi connectivity index (χ2n) is 4.43. The lowest BCUT2D eigenvalue weighted by Crippen LogP contribution is -2.18. The zero-order chi connectivity index (χ0) is 13.8. The number of phenols is 1. The summed E-state index contributed by atoms with van der Waals surface area (Å²) in [6.45, 7) is 2.61. The standard InChI is InChI=1S/C15H15Cl2NO/c1-10(11-2-4-13(16)5-3-11)18-9-12-8-14(17)6-7-15(12)19/h2-8,10,18-19H,9H2,1H3. The van der Waals surface area contributed by atoms with Gasteiger partial charge in [-0.15, -0.1) is 0 Å². The SMILES string of the molecule is CC(NCc1cc(Cl)ccc1O)c1ccc(Cl)cc1. The van der Waals surface area contributed by atoms with Crippen molar-refractivity contribution >= 4 is 23.2 Å². The van der Waals surface area contributed by atoms with Crippen LogP contribution in [0.2, 0.25) is 10.0 Å². The van der Waals surface area contributed by atoms with Gasteiger partial charge < -0.3 is 10.4 Å². The van der Waals surface area contributed by atoms with Crippen molar-refractivity contribution in [3.05, 3.63) is 63.6 Å². The van der Waals surface area contributed by atoms with Crippen LogP contribution in [0.15, 0.2) is 42.5 Å². The molecule has 0 aliphatic rings. The van der Waals surface area contributed by atoms with Crippen LogP contribution in [-0.4, -0.2) is 5.11 Å². The van der Waals surface area contributed by atoms with Gasteiger partial charge in [-0.3, -0.25) is 0 Å². The highest BCUT2D eigenvalue weighted by molar-refractivity contribution is 6.30. The fourth-order valence-corrected chi connectivity index (χ4v) is 2.15. The summed E-state index contributed by atoms with van der Waals surface area (Å²) in [5, 5.41) is 14.4. The molecule has 0 spiro atoms. The van der Waals surface area contributed by atoms with E-state index in [4.69, 9.17) is 23.2 Å². The van der Waals surface area contributed by atoms with E-state index in [-0.39, 0.29) is 11.8 Å². The van der Waals surface area contributed by atoms with Crippen molar-refractivity contribution in [3.8, 4) is 5.75 Å². The monoisotopic (exact) mass is 295 g/mol. The van der Waals surface area contributed by atoms with Gasteiger partial charge in [0.05, 0.1) is 0 Å². The van der Waals surface area contributed by atoms with Gasteiger partial charge in [0.1, 0.15) is 5.75 Å². The Morgan fingerprint density at radius 2 is 1.68 bits per heavy atom.